The van der Waals surface area contributed by atoms with E-state index in [1.165, 1.54) is 0 Å². The van der Waals surface area contributed by atoms with E-state index in [2.05, 4.69) is 4.98 Å². The molecule has 138 valence electrons. The molecule has 0 aliphatic rings. The van der Waals surface area contributed by atoms with Crippen LogP contribution >= 0.6 is 0 Å². The molecule has 0 fully saturated rings. The minimum absolute atomic E-state index is 0.245. The van der Waals surface area contributed by atoms with Crippen molar-refractivity contribution in [3.8, 4) is 5.75 Å². The molecular weight excluding hydrogens is 334 g/mol. The van der Waals surface area contributed by atoms with Gasteiger partial charge in [-0.25, -0.2) is 10.3 Å². The van der Waals surface area contributed by atoms with Gasteiger partial charge in [-0.05, 0) is 49.1 Å². The van der Waals surface area contributed by atoms with E-state index in [0.29, 0.717) is 25.0 Å². The predicted octanol–water partition coefficient (Wildman–Crippen LogP) is 1.69. The standard InChI is InChI=1S/C19H23N3O4/c1-13-5-8-15(21-12-13)11-17(20)19(24)26-16-9-6-14(7-10-16)3-2-4-18(23)22-25/h5-10,12,17,25H,2-4,11,20H2,1H3,(H,22,23). The molecule has 1 aromatic heterocycles. The molecule has 2 aromatic rings. The third-order valence-electron chi connectivity index (χ3n) is 3.84. The summed E-state index contributed by atoms with van der Waals surface area (Å²) in [4.78, 5) is 27.3. The molecule has 1 amide bonds. The maximum atomic E-state index is 12.1. The number of aryl methyl sites for hydroxylation is 2. The topological polar surface area (TPSA) is 115 Å². The lowest BCUT2D eigenvalue weighted by atomic mass is 10.1. The van der Waals surface area contributed by atoms with Crippen LogP contribution < -0.4 is 16.0 Å². The molecule has 7 nitrogen and oxygen atoms in total. The number of aromatic nitrogens is 1. The lowest BCUT2D eigenvalue weighted by Crippen LogP contribution is -2.36. The summed E-state index contributed by atoms with van der Waals surface area (Å²) in [5.74, 6) is -0.508. The van der Waals surface area contributed by atoms with Gasteiger partial charge in [-0.1, -0.05) is 18.2 Å². The molecule has 1 unspecified atom stereocenters. The fraction of sp³-hybridized carbons (Fsp3) is 0.316. The highest BCUT2D eigenvalue weighted by atomic mass is 16.5. The molecule has 4 N–H and O–H groups in total. The van der Waals surface area contributed by atoms with Crippen LogP contribution in [0, 0.1) is 6.92 Å². The quantitative estimate of drug-likeness (QED) is 0.287. The number of nitrogens with zero attached hydrogens (tertiary/aromatic N) is 1. The lowest BCUT2D eigenvalue weighted by Gasteiger charge is -2.11. The summed E-state index contributed by atoms with van der Waals surface area (Å²) < 4.78 is 5.30. The molecule has 1 aromatic carbocycles. The van der Waals surface area contributed by atoms with Gasteiger partial charge in [0.2, 0.25) is 5.91 Å². The highest BCUT2D eigenvalue weighted by molar-refractivity contribution is 5.78. The molecule has 0 aliphatic heterocycles. The number of rotatable bonds is 8. The first kappa shape index (κ1) is 19.6. The number of hydrogen-bond acceptors (Lipinski definition) is 6. The van der Waals surface area contributed by atoms with Gasteiger partial charge in [0.15, 0.2) is 0 Å². The zero-order valence-electron chi connectivity index (χ0n) is 14.6. The summed E-state index contributed by atoms with van der Waals surface area (Å²) in [6.45, 7) is 1.94. The number of hydroxylamine groups is 1. The van der Waals surface area contributed by atoms with Crippen LogP contribution in [-0.4, -0.2) is 28.1 Å². The zero-order chi connectivity index (χ0) is 18.9. The van der Waals surface area contributed by atoms with Gasteiger partial charge in [0, 0.05) is 24.7 Å². The van der Waals surface area contributed by atoms with Gasteiger partial charge in [0.1, 0.15) is 11.8 Å². The van der Waals surface area contributed by atoms with E-state index in [4.69, 9.17) is 15.7 Å². The van der Waals surface area contributed by atoms with Gasteiger partial charge in [-0.15, -0.1) is 0 Å². The van der Waals surface area contributed by atoms with Crippen LogP contribution in [0.15, 0.2) is 42.6 Å². The second kappa shape index (κ2) is 9.65. The molecule has 0 saturated carbocycles. The van der Waals surface area contributed by atoms with Crippen molar-refractivity contribution >= 4 is 11.9 Å². The fourth-order valence-corrected chi connectivity index (χ4v) is 2.35. The average molecular weight is 357 g/mol. The number of carbonyl (C=O) groups is 2. The first-order valence-corrected chi connectivity index (χ1v) is 8.38. The highest BCUT2D eigenvalue weighted by Gasteiger charge is 2.17. The number of ether oxygens (including phenoxy) is 1. The van der Waals surface area contributed by atoms with Crippen molar-refractivity contribution < 1.29 is 19.5 Å². The van der Waals surface area contributed by atoms with Gasteiger partial charge in [0.25, 0.3) is 0 Å². The Morgan fingerprint density at radius 2 is 1.96 bits per heavy atom. The SMILES string of the molecule is Cc1ccc(CC(N)C(=O)Oc2ccc(CCCC(=O)NO)cc2)nc1. The molecular formula is C19H23N3O4. The summed E-state index contributed by atoms with van der Waals surface area (Å²) in [6, 6.07) is 10.0. The summed E-state index contributed by atoms with van der Waals surface area (Å²) >= 11 is 0. The van der Waals surface area contributed by atoms with E-state index in [-0.39, 0.29) is 6.42 Å². The van der Waals surface area contributed by atoms with Crippen LogP contribution in [0.5, 0.6) is 5.75 Å². The first-order chi connectivity index (χ1) is 12.5. The Labute approximate surface area is 152 Å². The highest BCUT2D eigenvalue weighted by Crippen LogP contribution is 2.15. The van der Waals surface area contributed by atoms with Crippen LogP contribution in [0.1, 0.15) is 29.7 Å². The van der Waals surface area contributed by atoms with E-state index < -0.39 is 17.9 Å². The summed E-state index contributed by atoms with van der Waals surface area (Å²) in [7, 11) is 0. The number of amides is 1. The maximum Gasteiger partial charge on any atom is 0.328 e. The van der Waals surface area contributed by atoms with Gasteiger partial charge in [0.05, 0.1) is 0 Å². The fourth-order valence-electron chi connectivity index (χ4n) is 2.35. The normalized spacial score (nSPS) is 11.7. The van der Waals surface area contributed by atoms with Gasteiger partial charge >= 0.3 is 5.97 Å². The van der Waals surface area contributed by atoms with E-state index in [0.717, 1.165) is 16.8 Å². The summed E-state index contributed by atoms with van der Waals surface area (Å²) in [5, 5.41) is 8.44. The van der Waals surface area contributed by atoms with Crippen LogP contribution in [0.3, 0.4) is 0 Å². The number of nitrogens with two attached hydrogens (primary N) is 1. The van der Waals surface area contributed by atoms with Crippen molar-refractivity contribution in [2.24, 2.45) is 5.73 Å². The Hall–Kier alpha value is -2.77. The van der Waals surface area contributed by atoms with Gasteiger partial charge in [-0.2, -0.15) is 0 Å². The van der Waals surface area contributed by atoms with E-state index >= 15 is 0 Å². The summed E-state index contributed by atoms with van der Waals surface area (Å²) in [5.41, 5.74) is 10.3. The number of hydrogen-bond donors (Lipinski definition) is 3. The number of nitrogens with one attached hydrogen (secondary N) is 1. The van der Waals surface area contributed by atoms with Crippen molar-refractivity contribution in [2.75, 3.05) is 0 Å². The average Bonchev–Trinajstić information content (AvgIpc) is 2.64. The molecule has 1 heterocycles. The Balaban J connectivity index is 1.82. The first-order valence-electron chi connectivity index (χ1n) is 8.38. The molecule has 2 rings (SSSR count). The van der Waals surface area contributed by atoms with Crippen LogP contribution in [0.4, 0.5) is 0 Å². The van der Waals surface area contributed by atoms with Crippen LogP contribution in [-0.2, 0) is 22.4 Å². The maximum absolute atomic E-state index is 12.1. The lowest BCUT2D eigenvalue weighted by molar-refractivity contribution is -0.135. The molecule has 0 aliphatic carbocycles. The second-order valence-corrected chi connectivity index (χ2v) is 6.09. The van der Waals surface area contributed by atoms with E-state index in [1.807, 2.05) is 31.2 Å². The number of carbonyl (C=O) groups excluding carboxylic acids is 2. The largest absolute Gasteiger partial charge is 0.425 e. The van der Waals surface area contributed by atoms with Crippen molar-refractivity contribution in [1.29, 1.82) is 0 Å². The monoisotopic (exact) mass is 357 g/mol. The Morgan fingerprint density at radius 1 is 1.23 bits per heavy atom. The number of pyridine rings is 1. The molecule has 1 atom stereocenters. The van der Waals surface area contributed by atoms with E-state index in [9.17, 15) is 9.59 Å². The Morgan fingerprint density at radius 3 is 2.58 bits per heavy atom. The zero-order valence-corrected chi connectivity index (χ0v) is 14.6. The number of esters is 1. The van der Waals surface area contributed by atoms with Crippen molar-refractivity contribution in [3.63, 3.8) is 0 Å². The third kappa shape index (κ3) is 6.27. The molecule has 26 heavy (non-hydrogen) atoms. The predicted molar refractivity (Wildman–Crippen MR) is 95.6 cm³/mol. The molecule has 0 radical (unpaired) electrons. The van der Waals surface area contributed by atoms with Crippen LogP contribution in [0.25, 0.3) is 0 Å². The van der Waals surface area contributed by atoms with E-state index in [1.54, 1.807) is 23.8 Å². The Kier molecular flexibility index (Phi) is 7.25. The minimum atomic E-state index is -0.790. The molecule has 0 saturated heterocycles. The number of benzene rings is 1. The molecule has 0 spiro atoms. The van der Waals surface area contributed by atoms with Gasteiger partial charge in [-0.3, -0.25) is 15.0 Å². The van der Waals surface area contributed by atoms with Gasteiger partial charge < -0.3 is 10.5 Å². The molecule has 0 bridgehead atoms. The minimum Gasteiger partial charge on any atom is -0.425 e. The Bertz CT molecular complexity index is 729. The van der Waals surface area contributed by atoms with Crippen molar-refractivity contribution in [3.05, 3.63) is 59.4 Å². The third-order valence-corrected chi connectivity index (χ3v) is 3.84. The smallest absolute Gasteiger partial charge is 0.328 e. The summed E-state index contributed by atoms with van der Waals surface area (Å²) in [6.07, 6.45) is 3.58. The van der Waals surface area contributed by atoms with Crippen molar-refractivity contribution in [1.82, 2.24) is 10.5 Å². The second-order valence-electron chi connectivity index (χ2n) is 6.09. The van der Waals surface area contributed by atoms with Crippen molar-refractivity contribution in [2.45, 2.75) is 38.6 Å². The van der Waals surface area contributed by atoms with Crippen LogP contribution in [0.2, 0.25) is 0 Å². The molecule has 7 heteroatoms.